The third kappa shape index (κ3) is 3.76. The summed E-state index contributed by atoms with van der Waals surface area (Å²) in [4.78, 5) is 0. The second-order valence-corrected chi connectivity index (χ2v) is 5.99. The summed E-state index contributed by atoms with van der Waals surface area (Å²) >= 11 is 9.32. The van der Waals surface area contributed by atoms with Crippen LogP contribution in [0.15, 0.2) is 28.7 Å². The van der Waals surface area contributed by atoms with Crippen molar-refractivity contribution in [3.05, 3.63) is 45.7 Å². The van der Waals surface area contributed by atoms with Crippen molar-refractivity contribution in [1.29, 1.82) is 0 Å². The van der Waals surface area contributed by atoms with Crippen LogP contribution in [-0.2, 0) is 20.0 Å². The first kappa shape index (κ1) is 15.4. The molecule has 2 rings (SSSR count). The van der Waals surface area contributed by atoms with Crippen LogP contribution in [0.3, 0.4) is 0 Å². The average molecular weight is 357 g/mol. The summed E-state index contributed by atoms with van der Waals surface area (Å²) in [5, 5.41) is 7.85. The highest BCUT2D eigenvalue weighted by Crippen LogP contribution is 2.21. The predicted molar refractivity (Wildman–Crippen MR) is 88.5 cm³/mol. The molecule has 0 unspecified atom stereocenters. The topological polar surface area (TPSA) is 29.9 Å². The van der Waals surface area contributed by atoms with Gasteiger partial charge in [0.2, 0.25) is 0 Å². The van der Waals surface area contributed by atoms with Gasteiger partial charge < -0.3 is 5.32 Å². The van der Waals surface area contributed by atoms with Gasteiger partial charge in [0, 0.05) is 18.6 Å². The van der Waals surface area contributed by atoms with Crippen LogP contribution in [0.4, 0.5) is 5.69 Å². The molecule has 0 fully saturated rings. The van der Waals surface area contributed by atoms with Crippen molar-refractivity contribution in [2.24, 2.45) is 7.05 Å². The Hall–Kier alpha value is -1.000. The molecule has 0 radical (unpaired) electrons. The Morgan fingerprint density at radius 3 is 2.85 bits per heavy atom. The number of halogens is 2. The molecular weight excluding hydrogens is 338 g/mol. The molecule has 3 nitrogen and oxygen atoms in total. The summed E-state index contributed by atoms with van der Waals surface area (Å²) in [5.74, 6) is 0.707. The summed E-state index contributed by atoms with van der Waals surface area (Å²) in [6.07, 6.45) is 2.03. The molecule has 0 aliphatic heterocycles. The van der Waals surface area contributed by atoms with Crippen molar-refractivity contribution in [3.63, 3.8) is 0 Å². The Morgan fingerprint density at radius 1 is 1.40 bits per heavy atom. The molecule has 1 aromatic heterocycles. The van der Waals surface area contributed by atoms with Crippen LogP contribution in [0.25, 0.3) is 0 Å². The Bertz CT molecular complexity index is 580. The molecule has 0 atom stereocenters. The number of nitrogens with one attached hydrogen (secondary N) is 1. The molecule has 0 aliphatic rings. The van der Waals surface area contributed by atoms with Crippen molar-refractivity contribution in [1.82, 2.24) is 9.78 Å². The molecule has 0 aliphatic carbocycles. The second kappa shape index (κ2) is 7.14. The second-order valence-electron chi connectivity index (χ2n) is 4.82. The van der Waals surface area contributed by atoms with E-state index in [1.54, 1.807) is 0 Å². The number of benzene rings is 1. The number of aromatic nitrogens is 2. The highest BCUT2D eigenvalue weighted by molar-refractivity contribution is 9.10. The van der Waals surface area contributed by atoms with Crippen LogP contribution in [-0.4, -0.2) is 15.7 Å². The standard InChI is InChI=1S/C15H19BrClN3/c1-11-15(16)14(20(2)19-11)10-18-13-7-3-5-12(9-13)6-4-8-17/h3,5,7,9,18H,4,6,8,10H2,1-2H3. The number of hydrogen-bond donors (Lipinski definition) is 1. The first-order chi connectivity index (χ1) is 9.61. The number of hydrogen-bond acceptors (Lipinski definition) is 2. The molecule has 2 aromatic rings. The van der Waals surface area contributed by atoms with Gasteiger partial charge in [-0.1, -0.05) is 12.1 Å². The van der Waals surface area contributed by atoms with E-state index < -0.39 is 0 Å². The maximum atomic E-state index is 5.74. The first-order valence-electron chi connectivity index (χ1n) is 6.68. The normalized spacial score (nSPS) is 10.8. The van der Waals surface area contributed by atoms with Crippen LogP contribution >= 0.6 is 27.5 Å². The summed E-state index contributed by atoms with van der Waals surface area (Å²) < 4.78 is 2.98. The molecule has 0 saturated carbocycles. The molecule has 1 aromatic carbocycles. The quantitative estimate of drug-likeness (QED) is 0.783. The fourth-order valence-electron chi connectivity index (χ4n) is 2.17. The van der Waals surface area contributed by atoms with Gasteiger partial charge in [0.25, 0.3) is 0 Å². The van der Waals surface area contributed by atoms with Crippen molar-refractivity contribution in [2.45, 2.75) is 26.3 Å². The SMILES string of the molecule is Cc1nn(C)c(CNc2cccc(CCCCl)c2)c1Br. The van der Waals surface area contributed by atoms with Crippen molar-refractivity contribution in [2.75, 3.05) is 11.2 Å². The van der Waals surface area contributed by atoms with Crippen LogP contribution in [0.1, 0.15) is 23.4 Å². The highest BCUT2D eigenvalue weighted by atomic mass is 79.9. The molecular formula is C15H19BrClN3. The lowest BCUT2D eigenvalue weighted by molar-refractivity contribution is 0.712. The molecule has 0 saturated heterocycles. The fourth-order valence-corrected chi connectivity index (χ4v) is 2.78. The summed E-state index contributed by atoms with van der Waals surface area (Å²) in [6, 6.07) is 8.49. The van der Waals surface area contributed by atoms with E-state index in [9.17, 15) is 0 Å². The maximum absolute atomic E-state index is 5.74. The van der Waals surface area contributed by atoms with E-state index in [1.807, 2.05) is 18.7 Å². The zero-order valence-corrected chi connectivity index (χ0v) is 14.1. The molecule has 1 heterocycles. The zero-order valence-electron chi connectivity index (χ0n) is 11.8. The minimum Gasteiger partial charge on any atom is -0.379 e. The van der Waals surface area contributed by atoms with E-state index in [0.29, 0.717) is 5.88 Å². The number of alkyl halides is 1. The van der Waals surface area contributed by atoms with E-state index in [4.69, 9.17) is 11.6 Å². The lowest BCUT2D eigenvalue weighted by atomic mass is 10.1. The molecule has 5 heteroatoms. The van der Waals surface area contributed by atoms with Crippen LogP contribution < -0.4 is 5.32 Å². The number of anilines is 1. The predicted octanol–water partition coefficient (Wildman–Crippen LogP) is 4.27. The van der Waals surface area contributed by atoms with Gasteiger partial charge in [-0.3, -0.25) is 4.68 Å². The highest BCUT2D eigenvalue weighted by Gasteiger charge is 2.09. The van der Waals surface area contributed by atoms with Gasteiger partial charge in [-0.05, 0) is 53.4 Å². The number of aryl methyl sites for hydroxylation is 3. The van der Waals surface area contributed by atoms with E-state index in [0.717, 1.165) is 40.9 Å². The lowest BCUT2D eigenvalue weighted by Gasteiger charge is -2.09. The minimum atomic E-state index is 0.707. The Morgan fingerprint density at radius 2 is 2.20 bits per heavy atom. The lowest BCUT2D eigenvalue weighted by Crippen LogP contribution is -2.06. The first-order valence-corrected chi connectivity index (χ1v) is 8.01. The third-order valence-electron chi connectivity index (χ3n) is 3.25. The molecule has 108 valence electrons. The number of nitrogens with zero attached hydrogens (tertiary/aromatic N) is 2. The largest absolute Gasteiger partial charge is 0.379 e. The van der Waals surface area contributed by atoms with Crippen molar-refractivity contribution in [3.8, 4) is 0 Å². The van der Waals surface area contributed by atoms with Gasteiger partial charge in [0.1, 0.15) is 0 Å². The molecule has 0 bridgehead atoms. The summed E-state index contributed by atoms with van der Waals surface area (Å²) in [6.45, 7) is 2.75. The van der Waals surface area contributed by atoms with Crippen LogP contribution in [0, 0.1) is 6.92 Å². The Kier molecular flexibility index (Phi) is 5.49. The van der Waals surface area contributed by atoms with Crippen molar-refractivity contribution < 1.29 is 0 Å². The summed E-state index contributed by atoms with van der Waals surface area (Å²) in [7, 11) is 1.96. The summed E-state index contributed by atoms with van der Waals surface area (Å²) in [5.41, 5.74) is 4.60. The van der Waals surface area contributed by atoms with Gasteiger partial charge in [-0.25, -0.2) is 0 Å². The van der Waals surface area contributed by atoms with Crippen LogP contribution in [0.5, 0.6) is 0 Å². The van der Waals surface area contributed by atoms with Gasteiger partial charge in [-0.15, -0.1) is 11.6 Å². The molecule has 0 spiro atoms. The monoisotopic (exact) mass is 355 g/mol. The van der Waals surface area contributed by atoms with Gasteiger partial charge in [0.15, 0.2) is 0 Å². The van der Waals surface area contributed by atoms with Gasteiger partial charge >= 0.3 is 0 Å². The van der Waals surface area contributed by atoms with Gasteiger partial charge in [0.05, 0.1) is 22.4 Å². The molecule has 20 heavy (non-hydrogen) atoms. The zero-order chi connectivity index (χ0) is 14.5. The molecule has 1 N–H and O–H groups in total. The Balaban J connectivity index is 2.03. The third-order valence-corrected chi connectivity index (χ3v) is 4.55. The van der Waals surface area contributed by atoms with E-state index in [-0.39, 0.29) is 0 Å². The maximum Gasteiger partial charge on any atom is 0.0739 e. The van der Waals surface area contributed by atoms with E-state index >= 15 is 0 Å². The van der Waals surface area contributed by atoms with E-state index in [2.05, 4.69) is 50.6 Å². The van der Waals surface area contributed by atoms with Crippen molar-refractivity contribution >= 4 is 33.2 Å². The number of rotatable bonds is 6. The Labute approximate surface area is 133 Å². The average Bonchev–Trinajstić information content (AvgIpc) is 2.68. The van der Waals surface area contributed by atoms with Crippen LogP contribution in [0.2, 0.25) is 0 Å². The smallest absolute Gasteiger partial charge is 0.0739 e. The fraction of sp³-hybridized carbons (Fsp3) is 0.400. The minimum absolute atomic E-state index is 0.707. The van der Waals surface area contributed by atoms with Gasteiger partial charge in [-0.2, -0.15) is 5.10 Å². The molecule has 0 amide bonds. The van der Waals surface area contributed by atoms with E-state index in [1.165, 1.54) is 5.56 Å².